The minimum atomic E-state index is -0.395. The molecule has 13 heavy (non-hydrogen) atoms. The number of phenols is 1. The fraction of sp³-hybridized carbons (Fsp3) is 0.400. The van der Waals surface area contributed by atoms with Gasteiger partial charge < -0.3 is 10.4 Å². The van der Waals surface area contributed by atoms with E-state index in [0.717, 1.165) is 24.6 Å². The molecule has 1 aromatic carbocycles. The summed E-state index contributed by atoms with van der Waals surface area (Å²) >= 11 is 0. The number of rotatable bonds is 4. The number of hydrogen-bond acceptors (Lipinski definition) is 2. The Kier molecular flexibility index (Phi) is 3.71. The van der Waals surface area contributed by atoms with Crippen LogP contribution in [0.5, 0.6) is 5.75 Å². The third-order valence-electron chi connectivity index (χ3n) is 1.70. The van der Waals surface area contributed by atoms with Crippen molar-refractivity contribution in [2.24, 2.45) is 0 Å². The van der Waals surface area contributed by atoms with Gasteiger partial charge in [-0.2, -0.15) is 0 Å². The summed E-state index contributed by atoms with van der Waals surface area (Å²) in [6, 6.07) is 4.08. The summed E-state index contributed by atoms with van der Waals surface area (Å²) in [4.78, 5) is 0. The summed E-state index contributed by atoms with van der Waals surface area (Å²) in [5.74, 6) is -0.415. The van der Waals surface area contributed by atoms with Crippen LogP contribution in [0.15, 0.2) is 18.2 Å². The van der Waals surface area contributed by atoms with Gasteiger partial charge >= 0.3 is 0 Å². The zero-order chi connectivity index (χ0) is 9.68. The maximum absolute atomic E-state index is 12.7. The first-order valence-corrected chi connectivity index (χ1v) is 4.41. The monoisotopic (exact) mass is 183 g/mol. The lowest BCUT2D eigenvalue weighted by Gasteiger charge is -2.03. The summed E-state index contributed by atoms with van der Waals surface area (Å²) in [6.45, 7) is 3.56. The van der Waals surface area contributed by atoms with Gasteiger partial charge in [-0.3, -0.25) is 0 Å². The molecule has 0 aromatic heterocycles. The molecule has 2 nitrogen and oxygen atoms in total. The second-order valence-electron chi connectivity index (χ2n) is 2.99. The zero-order valence-corrected chi connectivity index (χ0v) is 7.68. The molecular formula is C10H14FNO. The summed E-state index contributed by atoms with van der Waals surface area (Å²) in [7, 11) is 0. The van der Waals surface area contributed by atoms with Gasteiger partial charge in [0.15, 0.2) is 0 Å². The minimum absolute atomic E-state index is 0.0201. The quantitative estimate of drug-likeness (QED) is 0.700. The Morgan fingerprint density at radius 3 is 2.77 bits per heavy atom. The van der Waals surface area contributed by atoms with Crippen LogP contribution < -0.4 is 5.32 Å². The van der Waals surface area contributed by atoms with Gasteiger partial charge in [-0.15, -0.1) is 0 Å². The van der Waals surface area contributed by atoms with Crippen molar-refractivity contribution in [3.05, 3.63) is 29.6 Å². The van der Waals surface area contributed by atoms with Crippen LogP contribution in [0.1, 0.15) is 18.9 Å². The second kappa shape index (κ2) is 4.82. The molecule has 0 saturated heterocycles. The van der Waals surface area contributed by atoms with E-state index < -0.39 is 5.82 Å². The highest BCUT2D eigenvalue weighted by Crippen LogP contribution is 2.14. The van der Waals surface area contributed by atoms with Gasteiger partial charge in [-0.05, 0) is 30.7 Å². The fourth-order valence-corrected chi connectivity index (χ4v) is 1.14. The van der Waals surface area contributed by atoms with E-state index in [-0.39, 0.29) is 5.75 Å². The van der Waals surface area contributed by atoms with E-state index in [4.69, 9.17) is 5.11 Å². The first-order valence-electron chi connectivity index (χ1n) is 4.41. The van der Waals surface area contributed by atoms with Crippen LogP contribution in [0.25, 0.3) is 0 Å². The van der Waals surface area contributed by atoms with Gasteiger partial charge in [0.2, 0.25) is 0 Å². The summed E-state index contributed by atoms with van der Waals surface area (Å²) < 4.78 is 12.7. The van der Waals surface area contributed by atoms with Crippen molar-refractivity contribution < 1.29 is 9.50 Å². The Bertz CT molecular complexity index is 255. The van der Waals surface area contributed by atoms with E-state index in [1.54, 1.807) is 6.07 Å². The van der Waals surface area contributed by atoms with Crippen LogP contribution in [-0.2, 0) is 6.54 Å². The largest absolute Gasteiger partial charge is 0.508 e. The number of aromatic hydroxyl groups is 1. The molecule has 0 atom stereocenters. The van der Waals surface area contributed by atoms with Gasteiger partial charge in [0.05, 0.1) is 0 Å². The number of phenolic OH excluding ortho intramolecular Hbond substituents is 1. The standard InChI is InChI=1S/C10H14FNO/c1-2-3-12-7-8-4-9(11)6-10(13)5-8/h4-6,12-13H,2-3,7H2,1H3. The maximum Gasteiger partial charge on any atom is 0.127 e. The molecule has 3 heteroatoms. The SMILES string of the molecule is CCCNCc1cc(O)cc(F)c1. The Morgan fingerprint density at radius 1 is 1.38 bits per heavy atom. The van der Waals surface area contributed by atoms with Crippen LogP contribution in [0.3, 0.4) is 0 Å². The number of halogens is 1. The molecule has 0 aliphatic heterocycles. The zero-order valence-electron chi connectivity index (χ0n) is 7.68. The Morgan fingerprint density at radius 2 is 2.15 bits per heavy atom. The minimum Gasteiger partial charge on any atom is -0.508 e. The molecule has 1 rings (SSSR count). The van der Waals surface area contributed by atoms with Crippen molar-refractivity contribution in [3.63, 3.8) is 0 Å². The molecule has 72 valence electrons. The summed E-state index contributed by atoms with van der Waals surface area (Å²) in [5.41, 5.74) is 0.769. The highest BCUT2D eigenvalue weighted by atomic mass is 19.1. The van der Waals surface area contributed by atoms with Crippen molar-refractivity contribution in [2.75, 3.05) is 6.54 Å². The molecule has 0 radical (unpaired) electrons. The molecule has 0 heterocycles. The molecule has 0 unspecified atom stereocenters. The number of hydrogen-bond donors (Lipinski definition) is 2. The van der Waals surface area contributed by atoms with E-state index in [2.05, 4.69) is 12.2 Å². The molecule has 0 saturated carbocycles. The second-order valence-corrected chi connectivity index (χ2v) is 2.99. The van der Waals surface area contributed by atoms with Gasteiger partial charge in [0.25, 0.3) is 0 Å². The maximum atomic E-state index is 12.7. The highest BCUT2D eigenvalue weighted by Gasteiger charge is 1.98. The van der Waals surface area contributed by atoms with E-state index in [1.807, 2.05) is 0 Å². The molecule has 0 amide bonds. The third-order valence-corrected chi connectivity index (χ3v) is 1.70. The van der Waals surface area contributed by atoms with E-state index >= 15 is 0 Å². The van der Waals surface area contributed by atoms with Gasteiger partial charge in [-0.25, -0.2) is 4.39 Å². The van der Waals surface area contributed by atoms with Crippen LogP contribution in [-0.4, -0.2) is 11.7 Å². The molecule has 0 aliphatic rings. The topological polar surface area (TPSA) is 32.3 Å². The Labute approximate surface area is 77.4 Å². The molecule has 2 N–H and O–H groups in total. The van der Waals surface area contributed by atoms with E-state index in [1.165, 1.54) is 6.07 Å². The van der Waals surface area contributed by atoms with E-state index in [0.29, 0.717) is 6.54 Å². The Hall–Kier alpha value is -1.09. The number of nitrogens with one attached hydrogen (secondary N) is 1. The van der Waals surface area contributed by atoms with Crippen molar-refractivity contribution in [2.45, 2.75) is 19.9 Å². The molecule has 1 aromatic rings. The lowest BCUT2D eigenvalue weighted by molar-refractivity contribution is 0.467. The van der Waals surface area contributed by atoms with Crippen LogP contribution >= 0.6 is 0 Å². The molecule has 0 fully saturated rings. The van der Waals surface area contributed by atoms with Crippen molar-refractivity contribution in [3.8, 4) is 5.75 Å². The van der Waals surface area contributed by atoms with E-state index in [9.17, 15) is 4.39 Å². The molecular weight excluding hydrogens is 169 g/mol. The van der Waals surface area contributed by atoms with Crippen molar-refractivity contribution in [1.82, 2.24) is 5.32 Å². The van der Waals surface area contributed by atoms with Crippen LogP contribution in [0.4, 0.5) is 4.39 Å². The summed E-state index contributed by atoms with van der Waals surface area (Å²) in [5, 5.41) is 12.2. The van der Waals surface area contributed by atoms with Gasteiger partial charge in [0.1, 0.15) is 11.6 Å². The average molecular weight is 183 g/mol. The highest BCUT2D eigenvalue weighted by molar-refractivity contribution is 5.28. The van der Waals surface area contributed by atoms with Gasteiger partial charge in [0, 0.05) is 12.6 Å². The van der Waals surface area contributed by atoms with Crippen LogP contribution in [0.2, 0.25) is 0 Å². The first kappa shape index (κ1) is 9.99. The first-order chi connectivity index (χ1) is 6.22. The predicted octanol–water partition coefficient (Wildman–Crippen LogP) is 2.03. The number of benzene rings is 1. The summed E-state index contributed by atoms with van der Waals surface area (Å²) in [6.07, 6.45) is 1.04. The smallest absolute Gasteiger partial charge is 0.127 e. The molecule has 0 aliphatic carbocycles. The average Bonchev–Trinajstić information content (AvgIpc) is 2.03. The van der Waals surface area contributed by atoms with Crippen molar-refractivity contribution >= 4 is 0 Å². The predicted molar refractivity (Wildman–Crippen MR) is 50.1 cm³/mol. The lowest BCUT2D eigenvalue weighted by atomic mass is 10.2. The normalized spacial score (nSPS) is 10.3. The van der Waals surface area contributed by atoms with Crippen LogP contribution in [0, 0.1) is 5.82 Å². The molecule has 0 bridgehead atoms. The Balaban J connectivity index is 2.56. The fourth-order valence-electron chi connectivity index (χ4n) is 1.14. The van der Waals surface area contributed by atoms with Crippen molar-refractivity contribution in [1.29, 1.82) is 0 Å². The lowest BCUT2D eigenvalue weighted by Crippen LogP contribution is -2.13. The third kappa shape index (κ3) is 3.42. The molecule has 0 spiro atoms. The van der Waals surface area contributed by atoms with Gasteiger partial charge in [-0.1, -0.05) is 6.92 Å².